The van der Waals surface area contributed by atoms with Crippen molar-refractivity contribution in [1.29, 1.82) is 0 Å². The van der Waals surface area contributed by atoms with E-state index in [2.05, 4.69) is 58.3 Å². The highest BCUT2D eigenvalue weighted by Crippen LogP contribution is 2.38. The maximum Gasteiger partial charge on any atom is 0.0462 e. The van der Waals surface area contributed by atoms with Gasteiger partial charge in [0.1, 0.15) is 0 Å². The van der Waals surface area contributed by atoms with E-state index >= 15 is 0 Å². The Morgan fingerprint density at radius 1 is 0.630 bits per heavy atom. The zero-order valence-electron chi connectivity index (χ0n) is 16.1. The summed E-state index contributed by atoms with van der Waals surface area (Å²) in [7, 11) is 8.18. The Kier molecular flexibility index (Phi) is 5.98. The van der Waals surface area contributed by atoms with E-state index in [-0.39, 0.29) is 5.92 Å². The van der Waals surface area contributed by atoms with E-state index in [4.69, 9.17) is 23.2 Å². The van der Waals surface area contributed by atoms with Crippen LogP contribution in [-0.2, 0) is 0 Å². The van der Waals surface area contributed by atoms with Crippen molar-refractivity contribution in [2.75, 3.05) is 38.0 Å². The third-order valence-electron chi connectivity index (χ3n) is 4.76. The van der Waals surface area contributed by atoms with Crippen molar-refractivity contribution in [1.82, 2.24) is 0 Å². The first-order valence-electron chi connectivity index (χ1n) is 8.86. The smallest absolute Gasteiger partial charge is 0.0462 e. The standard InChI is InChI=1S/C23H24Cl2N2/c1-26(2)19-10-5-16(6-11-19)23(21-14-9-18(24)15-22(21)25)17-7-12-20(13-8-17)27(3)4/h5-15,23H,1-4H3. The minimum Gasteiger partial charge on any atom is -0.378 e. The summed E-state index contributed by atoms with van der Waals surface area (Å²) < 4.78 is 0. The van der Waals surface area contributed by atoms with Gasteiger partial charge in [0.2, 0.25) is 0 Å². The predicted octanol–water partition coefficient (Wildman–Crippen LogP) is 6.31. The topological polar surface area (TPSA) is 6.48 Å². The van der Waals surface area contributed by atoms with Crippen molar-refractivity contribution in [2.45, 2.75) is 5.92 Å². The third-order valence-corrected chi connectivity index (χ3v) is 5.32. The number of halogens is 2. The van der Waals surface area contributed by atoms with Gasteiger partial charge in [0.25, 0.3) is 0 Å². The maximum atomic E-state index is 6.59. The molecule has 0 aliphatic rings. The first kappa shape index (κ1) is 19.6. The summed E-state index contributed by atoms with van der Waals surface area (Å²) in [6.45, 7) is 0. The minimum absolute atomic E-state index is 0.0437. The highest BCUT2D eigenvalue weighted by atomic mass is 35.5. The van der Waals surface area contributed by atoms with Crippen molar-refractivity contribution in [3.05, 3.63) is 93.5 Å². The van der Waals surface area contributed by atoms with Crippen molar-refractivity contribution in [3.8, 4) is 0 Å². The molecule has 0 amide bonds. The van der Waals surface area contributed by atoms with E-state index in [1.807, 2.05) is 46.4 Å². The van der Waals surface area contributed by atoms with Crippen LogP contribution in [-0.4, -0.2) is 28.2 Å². The van der Waals surface area contributed by atoms with Crippen LogP contribution in [0.1, 0.15) is 22.6 Å². The quantitative estimate of drug-likeness (QED) is 0.464. The lowest BCUT2D eigenvalue weighted by molar-refractivity contribution is 0.973. The summed E-state index contributed by atoms with van der Waals surface area (Å²) in [5, 5.41) is 1.33. The van der Waals surface area contributed by atoms with Crippen LogP contribution in [0.15, 0.2) is 66.7 Å². The van der Waals surface area contributed by atoms with Crippen molar-refractivity contribution >= 4 is 34.6 Å². The van der Waals surface area contributed by atoms with Gasteiger partial charge < -0.3 is 9.80 Å². The van der Waals surface area contributed by atoms with Crippen molar-refractivity contribution in [3.63, 3.8) is 0 Å². The molecule has 0 saturated heterocycles. The van der Waals surface area contributed by atoms with Gasteiger partial charge in [-0.1, -0.05) is 53.5 Å². The fourth-order valence-electron chi connectivity index (χ4n) is 3.22. The fraction of sp³-hybridized carbons (Fsp3) is 0.217. The molecular formula is C23H24Cl2N2. The van der Waals surface area contributed by atoms with E-state index < -0.39 is 0 Å². The maximum absolute atomic E-state index is 6.59. The molecule has 3 aromatic rings. The third kappa shape index (κ3) is 4.40. The molecule has 4 heteroatoms. The highest BCUT2D eigenvalue weighted by Gasteiger charge is 2.20. The lowest BCUT2D eigenvalue weighted by Crippen LogP contribution is -2.10. The molecule has 0 radical (unpaired) electrons. The Morgan fingerprint density at radius 2 is 1.07 bits per heavy atom. The summed E-state index contributed by atoms with van der Waals surface area (Å²) >= 11 is 12.7. The molecule has 0 aromatic heterocycles. The van der Waals surface area contributed by atoms with Crippen LogP contribution < -0.4 is 9.80 Å². The fourth-order valence-corrected chi connectivity index (χ4v) is 3.73. The summed E-state index contributed by atoms with van der Waals surface area (Å²) in [6, 6.07) is 23.0. The van der Waals surface area contributed by atoms with Gasteiger partial charge in [0.15, 0.2) is 0 Å². The van der Waals surface area contributed by atoms with Crippen LogP contribution in [0.5, 0.6) is 0 Å². The first-order chi connectivity index (χ1) is 12.9. The molecule has 0 aliphatic heterocycles. The molecule has 3 aromatic carbocycles. The lowest BCUT2D eigenvalue weighted by atomic mass is 9.85. The van der Waals surface area contributed by atoms with E-state index in [1.54, 1.807) is 0 Å². The van der Waals surface area contributed by atoms with Gasteiger partial charge >= 0.3 is 0 Å². The van der Waals surface area contributed by atoms with E-state index in [9.17, 15) is 0 Å². The molecule has 2 nitrogen and oxygen atoms in total. The molecule has 0 saturated carbocycles. The number of benzene rings is 3. The first-order valence-corrected chi connectivity index (χ1v) is 9.62. The van der Waals surface area contributed by atoms with Gasteiger partial charge in [-0.15, -0.1) is 0 Å². The van der Waals surface area contributed by atoms with Crippen LogP contribution in [0.4, 0.5) is 11.4 Å². The van der Waals surface area contributed by atoms with Crippen LogP contribution in [0.25, 0.3) is 0 Å². The number of hydrogen-bond acceptors (Lipinski definition) is 2. The SMILES string of the molecule is CN(C)c1ccc(C(c2ccc(N(C)C)cc2)c2ccc(Cl)cc2Cl)cc1. The molecule has 0 unspecified atom stereocenters. The normalized spacial score (nSPS) is 10.9. The molecule has 0 fully saturated rings. The van der Waals surface area contributed by atoms with Gasteiger partial charge in [-0.05, 0) is 53.1 Å². The van der Waals surface area contributed by atoms with E-state index in [0.717, 1.165) is 5.56 Å². The minimum atomic E-state index is 0.0437. The Morgan fingerprint density at radius 3 is 1.44 bits per heavy atom. The largest absolute Gasteiger partial charge is 0.378 e. The van der Waals surface area contributed by atoms with Crippen LogP contribution >= 0.6 is 23.2 Å². The second kappa shape index (κ2) is 8.24. The lowest BCUT2D eigenvalue weighted by Gasteiger charge is -2.22. The summed E-state index contributed by atoms with van der Waals surface area (Å²) in [6.07, 6.45) is 0. The number of rotatable bonds is 5. The zero-order chi connectivity index (χ0) is 19.6. The molecular weight excluding hydrogens is 375 g/mol. The molecule has 0 bridgehead atoms. The second-order valence-corrected chi connectivity index (χ2v) is 7.91. The van der Waals surface area contributed by atoms with Gasteiger partial charge in [-0.2, -0.15) is 0 Å². The zero-order valence-corrected chi connectivity index (χ0v) is 17.6. The molecule has 0 atom stereocenters. The Hall–Kier alpha value is -2.16. The molecule has 0 heterocycles. The van der Waals surface area contributed by atoms with E-state index in [0.29, 0.717) is 10.0 Å². The molecule has 140 valence electrons. The predicted molar refractivity (Wildman–Crippen MR) is 119 cm³/mol. The number of hydrogen-bond donors (Lipinski definition) is 0. The van der Waals surface area contributed by atoms with Crippen molar-refractivity contribution in [2.24, 2.45) is 0 Å². The number of nitrogens with zero attached hydrogens (tertiary/aromatic N) is 2. The van der Waals surface area contributed by atoms with Gasteiger partial charge in [-0.3, -0.25) is 0 Å². The van der Waals surface area contributed by atoms with Crippen molar-refractivity contribution < 1.29 is 0 Å². The highest BCUT2D eigenvalue weighted by molar-refractivity contribution is 6.35. The monoisotopic (exact) mass is 398 g/mol. The van der Waals surface area contributed by atoms with Gasteiger partial charge in [0, 0.05) is 55.5 Å². The summed E-state index contributed by atoms with van der Waals surface area (Å²) in [5.41, 5.74) is 5.78. The second-order valence-electron chi connectivity index (χ2n) is 7.07. The Bertz CT molecular complexity index is 849. The molecule has 3 rings (SSSR count). The van der Waals surface area contributed by atoms with Crippen LogP contribution in [0, 0.1) is 0 Å². The average molecular weight is 399 g/mol. The Balaban J connectivity index is 2.11. The average Bonchev–Trinajstić information content (AvgIpc) is 2.64. The summed E-state index contributed by atoms with van der Waals surface area (Å²) in [4.78, 5) is 4.19. The number of anilines is 2. The van der Waals surface area contributed by atoms with Crippen LogP contribution in [0.3, 0.4) is 0 Å². The van der Waals surface area contributed by atoms with Gasteiger partial charge in [0.05, 0.1) is 0 Å². The van der Waals surface area contributed by atoms with E-state index in [1.165, 1.54) is 22.5 Å². The Labute approximate surface area is 171 Å². The van der Waals surface area contributed by atoms with Gasteiger partial charge in [-0.25, -0.2) is 0 Å². The molecule has 27 heavy (non-hydrogen) atoms. The molecule has 0 aliphatic carbocycles. The van der Waals surface area contributed by atoms with Crippen LogP contribution in [0.2, 0.25) is 10.0 Å². The molecule has 0 N–H and O–H groups in total. The summed E-state index contributed by atoms with van der Waals surface area (Å²) in [5.74, 6) is 0.0437. The molecule has 0 spiro atoms.